The van der Waals surface area contributed by atoms with Gasteiger partial charge in [-0.3, -0.25) is 0 Å². The van der Waals surface area contributed by atoms with Crippen LogP contribution in [0, 0.1) is 5.92 Å². The minimum absolute atomic E-state index is 0.576. The van der Waals surface area contributed by atoms with E-state index in [0.717, 1.165) is 6.42 Å². The fourth-order valence-corrected chi connectivity index (χ4v) is 0.993. The van der Waals surface area contributed by atoms with Gasteiger partial charge in [0.05, 0.1) is 0 Å². The van der Waals surface area contributed by atoms with Gasteiger partial charge in [0.15, 0.2) is 0 Å². The predicted octanol–water partition coefficient (Wildman–Crippen LogP) is 1.06. The van der Waals surface area contributed by atoms with E-state index in [1.165, 1.54) is 4.54 Å². The molecule has 0 N–H and O–H groups in total. The van der Waals surface area contributed by atoms with E-state index in [9.17, 15) is 0 Å². The third-order valence-corrected chi connectivity index (χ3v) is 2.99. The monoisotopic (exact) mass is 205 g/mol. The Morgan fingerprint density at radius 3 is 2.50 bits per heavy atom. The topological polar surface area (TPSA) is 3.24 Å². The maximum absolute atomic E-state index is 3.70. The zero-order chi connectivity index (χ0) is 8.15. The summed E-state index contributed by atoms with van der Waals surface area (Å²) in [6.07, 6.45) is 2.99. The fraction of sp³-hybridized carbons (Fsp3) is 0.625. The molecule has 1 unspecified atom stereocenters. The molecule has 0 saturated heterocycles. The molecule has 0 aliphatic heterocycles. The van der Waals surface area contributed by atoms with Gasteiger partial charge in [0.2, 0.25) is 0 Å². The molecule has 1 atom stereocenters. The van der Waals surface area contributed by atoms with Crippen molar-refractivity contribution in [3.05, 3.63) is 12.7 Å². The van der Waals surface area contributed by atoms with Crippen LogP contribution in [0.25, 0.3) is 0 Å². The van der Waals surface area contributed by atoms with Gasteiger partial charge in [-0.15, -0.1) is 0 Å². The first kappa shape index (κ1) is 9.93. The van der Waals surface area contributed by atoms with Crippen LogP contribution < -0.4 is 0 Å². The molecule has 0 saturated carbocycles. The Hall–Kier alpha value is -0.0705. The predicted molar refractivity (Wildman–Crippen MR) is 48.4 cm³/mol. The Bertz CT molecular complexity index is 129. The van der Waals surface area contributed by atoms with E-state index in [-0.39, 0.29) is 0 Å². The van der Waals surface area contributed by atoms with Crippen molar-refractivity contribution >= 4 is 20.1 Å². The normalized spacial score (nSPS) is 12.3. The van der Waals surface area contributed by atoms with E-state index in [1.807, 2.05) is 20.2 Å². The number of hydrogen-bond donors (Lipinski definition) is 0. The van der Waals surface area contributed by atoms with Gasteiger partial charge in [-0.2, -0.15) is 0 Å². The van der Waals surface area contributed by atoms with Crippen LogP contribution in [0.15, 0.2) is 12.7 Å². The molecule has 1 nitrogen and oxygen atoms in total. The van der Waals surface area contributed by atoms with Gasteiger partial charge in [0, 0.05) is 0 Å². The Morgan fingerprint density at radius 2 is 2.20 bits per heavy atom. The van der Waals surface area contributed by atoms with Gasteiger partial charge in [0.25, 0.3) is 0 Å². The maximum atomic E-state index is 3.70. The summed E-state index contributed by atoms with van der Waals surface area (Å²) < 4.78 is 1.29. The van der Waals surface area contributed by atoms with Crippen molar-refractivity contribution in [1.29, 1.82) is 0 Å². The first-order valence-electron chi connectivity index (χ1n) is 3.41. The van der Waals surface area contributed by atoms with Crippen LogP contribution in [-0.4, -0.2) is 39.1 Å². The van der Waals surface area contributed by atoms with Crippen molar-refractivity contribution in [2.75, 3.05) is 14.1 Å². The van der Waals surface area contributed by atoms with Crippen LogP contribution in [-0.2, 0) is 0 Å². The Labute approximate surface area is 71.5 Å². The summed E-state index contributed by atoms with van der Waals surface area (Å²) in [5.74, 6) is 0.576. The molecule has 0 heterocycles. The average molecular weight is 204 g/mol. The molecular weight excluding hydrogens is 189 g/mol. The number of allylic oxidation sites excluding steroid dienone is 1. The van der Waals surface area contributed by atoms with Crippen LogP contribution in [0.5, 0.6) is 0 Å². The molecule has 0 fully saturated rings. The molecule has 0 aliphatic carbocycles. The van der Waals surface area contributed by atoms with E-state index in [4.69, 9.17) is 0 Å². The molecule has 0 rings (SSSR count). The van der Waals surface area contributed by atoms with Crippen LogP contribution in [0.4, 0.5) is 0 Å². The van der Waals surface area contributed by atoms with Gasteiger partial charge in [-0.1, -0.05) is 0 Å². The summed E-state index contributed by atoms with van der Waals surface area (Å²) in [6, 6.07) is 0. The molecule has 0 aliphatic rings. The molecule has 0 aromatic carbocycles. The van der Waals surface area contributed by atoms with Gasteiger partial charge >= 0.3 is 71.0 Å². The quantitative estimate of drug-likeness (QED) is 0.489. The number of hydrogen-bond acceptors (Lipinski definition) is 1. The summed E-state index contributed by atoms with van der Waals surface area (Å²) >= 11 is 3.06. The van der Waals surface area contributed by atoms with E-state index in [2.05, 4.69) is 34.0 Å². The summed E-state index contributed by atoms with van der Waals surface area (Å²) in [6.45, 7) is 5.88. The van der Waals surface area contributed by atoms with Crippen molar-refractivity contribution in [2.45, 2.75) is 13.3 Å². The molecule has 10 heavy (non-hydrogen) atoms. The van der Waals surface area contributed by atoms with Crippen LogP contribution in [0.1, 0.15) is 13.3 Å². The zero-order valence-corrected chi connectivity index (χ0v) is 8.64. The second-order valence-electron chi connectivity index (χ2n) is 2.66. The van der Waals surface area contributed by atoms with Crippen molar-refractivity contribution in [3.8, 4) is 0 Å². The van der Waals surface area contributed by atoms with Gasteiger partial charge in [0.1, 0.15) is 0 Å². The summed E-state index contributed by atoms with van der Waals surface area (Å²) in [5.41, 5.74) is 0. The molecular formula is C8H15NSe. The fourth-order valence-electron chi connectivity index (χ4n) is 0.792. The zero-order valence-electron chi connectivity index (χ0n) is 6.92. The average Bonchev–Trinajstić information content (AvgIpc) is 1.87. The van der Waals surface area contributed by atoms with Crippen molar-refractivity contribution in [1.82, 2.24) is 4.90 Å². The SMILES string of the molecule is C=CCC(C)C(=[Se])N(C)C. The van der Waals surface area contributed by atoms with E-state index >= 15 is 0 Å². The van der Waals surface area contributed by atoms with Crippen LogP contribution in [0.3, 0.4) is 0 Å². The molecule has 0 bridgehead atoms. The summed E-state index contributed by atoms with van der Waals surface area (Å²) in [5, 5.41) is 0. The van der Waals surface area contributed by atoms with Crippen LogP contribution >= 0.6 is 0 Å². The standard InChI is InChI=1S/C8H15NSe/c1-5-6-7(2)8(10)9(3)4/h5,7H,1,6H2,2-4H3. The first-order valence-corrected chi connectivity index (χ1v) is 4.27. The minimum atomic E-state index is 0.576. The molecule has 2 heteroatoms. The molecule has 58 valence electrons. The van der Waals surface area contributed by atoms with Crippen LogP contribution in [0.2, 0.25) is 0 Å². The second kappa shape index (κ2) is 4.70. The Kier molecular flexibility index (Phi) is 4.67. The first-order chi connectivity index (χ1) is 4.59. The van der Waals surface area contributed by atoms with Crippen molar-refractivity contribution in [3.63, 3.8) is 0 Å². The van der Waals surface area contributed by atoms with E-state index < -0.39 is 0 Å². The molecule has 0 spiro atoms. The van der Waals surface area contributed by atoms with E-state index in [1.54, 1.807) is 0 Å². The Morgan fingerprint density at radius 1 is 1.70 bits per heavy atom. The molecule has 0 aromatic heterocycles. The number of rotatable bonds is 4. The van der Waals surface area contributed by atoms with Crippen molar-refractivity contribution < 1.29 is 0 Å². The molecule has 0 amide bonds. The van der Waals surface area contributed by atoms with Gasteiger partial charge in [-0.25, -0.2) is 0 Å². The van der Waals surface area contributed by atoms with E-state index in [0.29, 0.717) is 5.92 Å². The molecule has 0 radical (unpaired) electrons. The summed E-state index contributed by atoms with van der Waals surface area (Å²) in [4.78, 5) is 2.11. The summed E-state index contributed by atoms with van der Waals surface area (Å²) in [7, 11) is 4.09. The number of nitrogens with zero attached hydrogens (tertiary/aromatic N) is 1. The van der Waals surface area contributed by atoms with Gasteiger partial charge < -0.3 is 0 Å². The van der Waals surface area contributed by atoms with Crippen molar-refractivity contribution in [2.24, 2.45) is 5.92 Å². The van der Waals surface area contributed by atoms with Gasteiger partial charge in [-0.05, 0) is 0 Å². The third-order valence-electron chi connectivity index (χ3n) is 1.38. The second-order valence-corrected chi connectivity index (χ2v) is 3.54. The molecule has 0 aromatic rings. The Balaban J connectivity index is 3.81. The third kappa shape index (κ3) is 3.19.